The number of azo groups is 1. The Morgan fingerprint density at radius 3 is 2.10 bits per heavy atom. The van der Waals surface area contributed by atoms with Gasteiger partial charge in [-0.05, 0) is 26.0 Å². The third kappa shape index (κ3) is 2.78. The Bertz CT molecular complexity index is 757. The molecule has 1 aliphatic heterocycles. The molecule has 0 saturated heterocycles. The first-order valence-electron chi connectivity index (χ1n) is 6.97. The van der Waals surface area contributed by atoms with Crippen molar-refractivity contribution in [2.24, 2.45) is 10.2 Å². The van der Waals surface area contributed by atoms with Crippen molar-refractivity contribution < 1.29 is 0 Å². The van der Waals surface area contributed by atoms with Crippen LogP contribution in [0.1, 0.15) is 25.0 Å². The number of hydrogen-bond donors (Lipinski definition) is 0. The van der Waals surface area contributed by atoms with Crippen molar-refractivity contribution in [1.82, 2.24) is 0 Å². The fourth-order valence-corrected chi connectivity index (χ4v) is 2.23. The predicted molar refractivity (Wildman–Crippen MR) is 85.6 cm³/mol. The zero-order valence-corrected chi connectivity index (χ0v) is 12.2. The Morgan fingerprint density at radius 2 is 1.43 bits per heavy atom. The van der Waals surface area contributed by atoms with Crippen molar-refractivity contribution >= 4 is 5.70 Å². The Hall–Kier alpha value is -2.66. The van der Waals surface area contributed by atoms with Gasteiger partial charge in [0, 0.05) is 11.1 Å². The van der Waals surface area contributed by atoms with Crippen LogP contribution in [0, 0.1) is 11.8 Å². The molecule has 2 nitrogen and oxygen atoms in total. The normalized spacial score (nSPS) is 15.7. The highest BCUT2D eigenvalue weighted by atomic mass is 15.2. The van der Waals surface area contributed by atoms with Crippen molar-refractivity contribution in [3.8, 4) is 11.8 Å². The quantitative estimate of drug-likeness (QED) is 0.673. The zero-order valence-electron chi connectivity index (χ0n) is 12.2. The SMILES string of the molecule is CC1(C)N=NC(c2ccccc2)=C1C#Cc1ccccc1. The maximum atomic E-state index is 4.37. The average Bonchev–Trinajstić information content (AvgIpc) is 2.82. The Balaban J connectivity index is 2.06. The van der Waals surface area contributed by atoms with Crippen LogP contribution in [0.25, 0.3) is 5.70 Å². The minimum atomic E-state index is -0.368. The van der Waals surface area contributed by atoms with E-state index in [0.29, 0.717) is 0 Å². The molecule has 0 aromatic heterocycles. The van der Waals surface area contributed by atoms with Gasteiger partial charge in [-0.15, -0.1) is 0 Å². The van der Waals surface area contributed by atoms with Gasteiger partial charge in [0.1, 0.15) is 11.2 Å². The van der Waals surface area contributed by atoms with E-state index in [9.17, 15) is 0 Å². The van der Waals surface area contributed by atoms with Gasteiger partial charge in [0.05, 0.1) is 5.57 Å². The van der Waals surface area contributed by atoms with Gasteiger partial charge < -0.3 is 0 Å². The van der Waals surface area contributed by atoms with Crippen LogP contribution in [0.3, 0.4) is 0 Å². The van der Waals surface area contributed by atoms with E-state index in [0.717, 1.165) is 22.4 Å². The Morgan fingerprint density at radius 1 is 0.810 bits per heavy atom. The topological polar surface area (TPSA) is 24.7 Å². The fraction of sp³-hybridized carbons (Fsp3) is 0.158. The highest BCUT2D eigenvalue weighted by molar-refractivity contribution is 5.75. The van der Waals surface area contributed by atoms with E-state index < -0.39 is 0 Å². The molecule has 2 aromatic carbocycles. The molecular formula is C19H16N2. The van der Waals surface area contributed by atoms with Crippen LogP contribution in [0.5, 0.6) is 0 Å². The number of rotatable bonds is 1. The van der Waals surface area contributed by atoms with Gasteiger partial charge in [-0.25, -0.2) is 0 Å². The second-order valence-electron chi connectivity index (χ2n) is 5.46. The maximum Gasteiger partial charge on any atom is 0.111 e. The van der Waals surface area contributed by atoms with Gasteiger partial charge in [-0.2, -0.15) is 10.2 Å². The lowest BCUT2D eigenvalue weighted by Gasteiger charge is -2.13. The molecule has 1 heterocycles. The highest BCUT2D eigenvalue weighted by Gasteiger charge is 2.30. The molecule has 0 radical (unpaired) electrons. The smallest absolute Gasteiger partial charge is 0.111 e. The van der Waals surface area contributed by atoms with E-state index in [-0.39, 0.29) is 5.54 Å². The van der Waals surface area contributed by atoms with E-state index in [4.69, 9.17) is 0 Å². The molecule has 0 aliphatic carbocycles. The first-order valence-corrected chi connectivity index (χ1v) is 6.97. The molecule has 102 valence electrons. The summed E-state index contributed by atoms with van der Waals surface area (Å²) in [6.45, 7) is 4.09. The second kappa shape index (κ2) is 5.38. The van der Waals surface area contributed by atoms with Crippen LogP contribution in [0.2, 0.25) is 0 Å². The van der Waals surface area contributed by atoms with Gasteiger partial charge in [0.15, 0.2) is 0 Å². The lowest BCUT2D eigenvalue weighted by atomic mass is 9.92. The predicted octanol–water partition coefficient (Wildman–Crippen LogP) is 4.69. The second-order valence-corrected chi connectivity index (χ2v) is 5.46. The molecule has 0 N–H and O–H groups in total. The fourth-order valence-electron chi connectivity index (χ4n) is 2.23. The van der Waals surface area contributed by atoms with Crippen LogP contribution in [0.15, 0.2) is 76.5 Å². The van der Waals surface area contributed by atoms with Gasteiger partial charge in [0.25, 0.3) is 0 Å². The lowest BCUT2D eigenvalue weighted by Crippen LogP contribution is -2.16. The molecule has 0 fully saturated rings. The summed E-state index contributed by atoms with van der Waals surface area (Å²) in [7, 11) is 0. The molecule has 3 rings (SSSR count). The monoisotopic (exact) mass is 272 g/mol. The molecule has 0 amide bonds. The van der Waals surface area contributed by atoms with Gasteiger partial charge in [-0.1, -0.05) is 60.4 Å². The summed E-state index contributed by atoms with van der Waals surface area (Å²) in [4.78, 5) is 0. The van der Waals surface area contributed by atoms with Gasteiger partial charge >= 0.3 is 0 Å². The molecule has 1 aliphatic rings. The minimum absolute atomic E-state index is 0.368. The number of nitrogens with zero attached hydrogens (tertiary/aromatic N) is 2. The Kier molecular flexibility index (Phi) is 3.41. The third-order valence-electron chi connectivity index (χ3n) is 3.40. The molecule has 2 aromatic rings. The van der Waals surface area contributed by atoms with Gasteiger partial charge in [-0.3, -0.25) is 0 Å². The summed E-state index contributed by atoms with van der Waals surface area (Å²) in [5.41, 5.74) is 3.54. The maximum absolute atomic E-state index is 4.37. The van der Waals surface area contributed by atoms with Gasteiger partial charge in [0.2, 0.25) is 0 Å². The van der Waals surface area contributed by atoms with Crippen molar-refractivity contribution in [3.05, 3.63) is 77.4 Å². The van der Waals surface area contributed by atoms with Crippen molar-refractivity contribution in [2.75, 3.05) is 0 Å². The molecule has 0 saturated carbocycles. The molecule has 0 atom stereocenters. The first kappa shape index (κ1) is 13.3. The third-order valence-corrected chi connectivity index (χ3v) is 3.40. The minimum Gasteiger partial charge on any atom is -0.177 e. The van der Waals surface area contributed by atoms with Crippen molar-refractivity contribution in [1.29, 1.82) is 0 Å². The summed E-state index contributed by atoms with van der Waals surface area (Å²) < 4.78 is 0. The van der Waals surface area contributed by atoms with Crippen molar-refractivity contribution in [3.63, 3.8) is 0 Å². The highest BCUT2D eigenvalue weighted by Crippen LogP contribution is 2.36. The van der Waals surface area contributed by atoms with E-state index in [1.54, 1.807) is 0 Å². The molecule has 0 spiro atoms. The first-order chi connectivity index (χ1) is 10.2. The van der Waals surface area contributed by atoms with Crippen molar-refractivity contribution in [2.45, 2.75) is 19.4 Å². The van der Waals surface area contributed by atoms with E-state index in [1.807, 2.05) is 74.5 Å². The molecule has 0 bridgehead atoms. The van der Waals surface area contributed by atoms with E-state index >= 15 is 0 Å². The summed E-state index contributed by atoms with van der Waals surface area (Å²) in [5, 5.41) is 8.72. The van der Waals surface area contributed by atoms with Crippen LogP contribution in [-0.2, 0) is 0 Å². The number of benzene rings is 2. The lowest BCUT2D eigenvalue weighted by molar-refractivity contribution is 0.625. The number of hydrogen-bond acceptors (Lipinski definition) is 2. The standard InChI is InChI=1S/C19H16N2/c1-19(2)17(14-13-15-9-5-3-6-10-15)18(20-21-19)16-11-7-4-8-12-16/h3-12H,1-2H3. The van der Waals surface area contributed by atoms with Crippen LogP contribution < -0.4 is 0 Å². The molecule has 21 heavy (non-hydrogen) atoms. The van der Waals surface area contributed by atoms with Crippen LogP contribution >= 0.6 is 0 Å². The van der Waals surface area contributed by atoms with E-state index in [2.05, 4.69) is 22.1 Å². The summed E-state index contributed by atoms with van der Waals surface area (Å²) >= 11 is 0. The van der Waals surface area contributed by atoms with E-state index in [1.165, 1.54) is 0 Å². The summed E-state index contributed by atoms with van der Waals surface area (Å²) in [6.07, 6.45) is 0. The Labute approximate surface area is 125 Å². The summed E-state index contributed by atoms with van der Waals surface area (Å²) in [6, 6.07) is 20.1. The van der Waals surface area contributed by atoms with Crippen LogP contribution in [-0.4, -0.2) is 5.54 Å². The summed E-state index contributed by atoms with van der Waals surface area (Å²) in [5.74, 6) is 6.49. The zero-order chi connectivity index (χ0) is 14.7. The molecule has 2 heteroatoms. The molecular weight excluding hydrogens is 256 g/mol. The van der Waals surface area contributed by atoms with Crippen LogP contribution in [0.4, 0.5) is 0 Å². The average molecular weight is 272 g/mol. The largest absolute Gasteiger partial charge is 0.177 e. The molecule has 0 unspecified atom stereocenters.